The fourth-order valence-electron chi connectivity index (χ4n) is 3.45. The third-order valence-electron chi connectivity index (χ3n) is 4.31. The first-order valence-electron chi connectivity index (χ1n) is 6.80. The lowest BCUT2D eigenvalue weighted by molar-refractivity contribution is 0.0601. The molecule has 2 fully saturated rings. The van der Waals surface area contributed by atoms with E-state index in [2.05, 4.69) is 20.8 Å². The summed E-state index contributed by atoms with van der Waals surface area (Å²) in [7, 11) is 1.44. The smallest absolute Gasteiger partial charge is 0.339 e. The van der Waals surface area contributed by atoms with Gasteiger partial charge in [-0.05, 0) is 49.3 Å². The summed E-state index contributed by atoms with van der Waals surface area (Å²) in [5.74, 6) is 1.34. The van der Waals surface area contributed by atoms with Crippen molar-refractivity contribution < 1.29 is 9.53 Å². The predicted molar refractivity (Wildman–Crippen MR) is 78.5 cm³/mol. The Balaban J connectivity index is 1.94. The van der Waals surface area contributed by atoms with E-state index in [-0.39, 0.29) is 5.97 Å². The van der Waals surface area contributed by atoms with Crippen LogP contribution in [0.5, 0.6) is 0 Å². The van der Waals surface area contributed by atoms with Crippen LogP contribution in [0.3, 0.4) is 0 Å². The number of nitrogens with zero attached hydrogens (tertiary/aromatic N) is 1. The van der Waals surface area contributed by atoms with E-state index in [9.17, 15) is 4.79 Å². The average molecular weight is 324 g/mol. The molecule has 0 aromatic heterocycles. The number of carbonyl (C=O) groups excluding carboxylic acids is 1. The molecule has 3 nitrogen and oxygen atoms in total. The van der Waals surface area contributed by atoms with Gasteiger partial charge >= 0.3 is 5.97 Å². The van der Waals surface area contributed by atoms with Gasteiger partial charge in [0.05, 0.1) is 18.4 Å². The van der Waals surface area contributed by atoms with Crippen LogP contribution in [0.4, 0.5) is 5.69 Å². The Kier molecular flexibility index (Phi) is 3.52. The zero-order valence-electron chi connectivity index (χ0n) is 11.1. The molecule has 0 N–H and O–H groups in total. The van der Waals surface area contributed by atoms with E-state index >= 15 is 0 Å². The molecule has 2 aliphatic rings. The molecule has 4 heteroatoms. The van der Waals surface area contributed by atoms with E-state index in [1.807, 2.05) is 18.2 Å². The van der Waals surface area contributed by atoms with Gasteiger partial charge in [-0.15, -0.1) is 0 Å². The number of halogens is 1. The van der Waals surface area contributed by atoms with Gasteiger partial charge in [-0.2, -0.15) is 0 Å². The Bertz CT molecular complexity index is 491. The van der Waals surface area contributed by atoms with Crippen molar-refractivity contribution in [2.24, 2.45) is 11.8 Å². The Hall–Kier alpha value is -1.03. The van der Waals surface area contributed by atoms with E-state index in [1.165, 1.54) is 26.4 Å². The quantitative estimate of drug-likeness (QED) is 0.780. The van der Waals surface area contributed by atoms with Gasteiger partial charge in [0.2, 0.25) is 0 Å². The first kappa shape index (κ1) is 13.0. The number of benzene rings is 1. The van der Waals surface area contributed by atoms with Gasteiger partial charge in [-0.25, -0.2) is 4.79 Å². The molecule has 0 radical (unpaired) electrons. The number of ether oxygens (including phenoxy) is 1. The summed E-state index contributed by atoms with van der Waals surface area (Å²) in [5, 5.41) is 0. The number of piperidine rings is 1. The maximum absolute atomic E-state index is 11.9. The van der Waals surface area contributed by atoms with Crippen molar-refractivity contribution in [2.75, 3.05) is 25.1 Å². The van der Waals surface area contributed by atoms with Crippen molar-refractivity contribution in [3.8, 4) is 0 Å². The molecule has 3 rings (SSSR count). The summed E-state index contributed by atoms with van der Waals surface area (Å²) < 4.78 is 5.90. The molecule has 1 aliphatic carbocycles. The summed E-state index contributed by atoms with van der Waals surface area (Å²) in [4.78, 5) is 14.3. The third-order valence-corrected chi connectivity index (χ3v) is 4.81. The monoisotopic (exact) mass is 323 g/mol. The predicted octanol–water partition coefficient (Wildman–Crippen LogP) is 3.47. The number of carbonyl (C=O) groups is 1. The van der Waals surface area contributed by atoms with Gasteiger partial charge in [-0.3, -0.25) is 0 Å². The molecule has 1 saturated heterocycles. The number of esters is 1. The minimum atomic E-state index is -0.250. The van der Waals surface area contributed by atoms with E-state index in [4.69, 9.17) is 4.74 Å². The topological polar surface area (TPSA) is 29.5 Å². The molecule has 2 bridgehead atoms. The average Bonchev–Trinajstić information content (AvgIpc) is 2.76. The van der Waals surface area contributed by atoms with Crippen LogP contribution in [0, 0.1) is 11.8 Å². The van der Waals surface area contributed by atoms with Gasteiger partial charge < -0.3 is 9.64 Å². The van der Waals surface area contributed by atoms with Gasteiger partial charge in [-0.1, -0.05) is 15.9 Å². The second-order valence-corrected chi connectivity index (χ2v) is 6.52. The number of anilines is 1. The number of hydrogen-bond donors (Lipinski definition) is 0. The maximum atomic E-state index is 11.9. The third kappa shape index (κ3) is 2.50. The van der Waals surface area contributed by atoms with Crippen molar-refractivity contribution in [3.05, 3.63) is 28.2 Å². The normalized spacial score (nSPS) is 25.5. The van der Waals surface area contributed by atoms with E-state index in [0.29, 0.717) is 5.56 Å². The minimum absolute atomic E-state index is 0.250. The van der Waals surface area contributed by atoms with Gasteiger partial charge in [0.1, 0.15) is 0 Å². The van der Waals surface area contributed by atoms with Crippen molar-refractivity contribution in [2.45, 2.75) is 19.3 Å². The van der Waals surface area contributed by atoms with Gasteiger partial charge in [0.25, 0.3) is 0 Å². The highest BCUT2D eigenvalue weighted by atomic mass is 79.9. The van der Waals surface area contributed by atoms with Gasteiger partial charge in [0, 0.05) is 17.6 Å². The highest BCUT2D eigenvalue weighted by molar-refractivity contribution is 9.10. The lowest BCUT2D eigenvalue weighted by atomic mass is 9.97. The number of methoxy groups -OCH3 is 1. The Morgan fingerprint density at radius 3 is 2.63 bits per heavy atom. The zero-order chi connectivity index (χ0) is 13.4. The number of rotatable bonds is 2. The molecule has 2 atom stereocenters. The molecule has 1 saturated carbocycles. The van der Waals surface area contributed by atoms with Crippen LogP contribution in [-0.4, -0.2) is 26.2 Å². The fourth-order valence-corrected chi connectivity index (χ4v) is 3.80. The Morgan fingerprint density at radius 2 is 2.00 bits per heavy atom. The molecule has 0 amide bonds. The van der Waals surface area contributed by atoms with Crippen molar-refractivity contribution in [1.29, 1.82) is 0 Å². The van der Waals surface area contributed by atoms with Crippen molar-refractivity contribution in [3.63, 3.8) is 0 Å². The summed E-state index contributed by atoms with van der Waals surface area (Å²) >= 11 is 3.50. The highest BCUT2D eigenvalue weighted by Gasteiger charge is 2.34. The molecular formula is C15H18BrNO2. The molecule has 102 valence electrons. The molecule has 1 aliphatic heterocycles. The number of fused-ring (bicyclic) bond motifs is 2. The Morgan fingerprint density at radius 1 is 1.32 bits per heavy atom. The lowest BCUT2D eigenvalue weighted by Crippen LogP contribution is -2.37. The van der Waals surface area contributed by atoms with Crippen molar-refractivity contribution in [1.82, 2.24) is 0 Å². The Labute approximate surface area is 122 Å². The minimum Gasteiger partial charge on any atom is -0.465 e. The van der Waals surface area contributed by atoms with Crippen LogP contribution in [0.25, 0.3) is 0 Å². The van der Waals surface area contributed by atoms with Crippen LogP contribution >= 0.6 is 15.9 Å². The van der Waals surface area contributed by atoms with Crippen molar-refractivity contribution >= 4 is 27.6 Å². The molecule has 1 aromatic rings. The van der Waals surface area contributed by atoms with Gasteiger partial charge in [0.15, 0.2) is 0 Å². The number of hydrogen-bond acceptors (Lipinski definition) is 3. The molecule has 1 aromatic carbocycles. The fraction of sp³-hybridized carbons (Fsp3) is 0.533. The van der Waals surface area contributed by atoms with Crippen LogP contribution in [0.15, 0.2) is 22.7 Å². The van der Waals surface area contributed by atoms with Crippen LogP contribution in [0.1, 0.15) is 29.6 Å². The summed E-state index contributed by atoms with van der Waals surface area (Å²) in [6.07, 6.45) is 4.03. The summed E-state index contributed by atoms with van der Waals surface area (Å²) in [6.45, 7) is 2.13. The van der Waals surface area contributed by atoms with E-state index < -0.39 is 0 Å². The van der Waals surface area contributed by atoms with Crippen LogP contribution in [-0.2, 0) is 4.74 Å². The second-order valence-electron chi connectivity index (χ2n) is 5.60. The molecular weight excluding hydrogens is 306 g/mol. The van der Waals surface area contributed by atoms with Crippen LogP contribution in [0.2, 0.25) is 0 Å². The lowest BCUT2D eigenvalue weighted by Gasteiger charge is -2.34. The van der Waals surface area contributed by atoms with E-state index in [0.717, 1.165) is 35.1 Å². The van der Waals surface area contributed by atoms with E-state index in [1.54, 1.807) is 0 Å². The zero-order valence-corrected chi connectivity index (χ0v) is 12.6. The SMILES string of the molecule is COC(=O)c1ccc(Br)cc1N1CC2CCC(C2)C1. The molecule has 0 spiro atoms. The highest BCUT2D eigenvalue weighted by Crippen LogP contribution is 2.39. The summed E-state index contributed by atoms with van der Waals surface area (Å²) in [6, 6.07) is 5.78. The largest absolute Gasteiger partial charge is 0.465 e. The molecule has 19 heavy (non-hydrogen) atoms. The molecule has 2 unspecified atom stereocenters. The first-order chi connectivity index (χ1) is 9.17. The molecule has 1 heterocycles. The first-order valence-corrected chi connectivity index (χ1v) is 7.59. The van der Waals surface area contributed by atoms with Crippen LogP contribution < -0.4 is 4.90 Å². The standard InChI is InChI=1S/C15H18BrNO2/c1-19-15(18)13-5-4-12(16)7-14(13)17-8-10-2-3-11(6-10)9-17/h4-5,7,10-11H,2-3,6,8-9H2,1H3. The second kappa shape index (κ2) is 5.16. The summed E-state index contributed by atoms with van der Waals surface area (Å²) in [5.41, 5.74) is 1.69. The maximum Gasteiger partial charge on any atom is 0.339 e.